The highest BCUT2D eigenvalue weighted by atomic mass is 16.6. The molecule has 9 heteroatoms. The van der Waals surface area contributed by atoms with Crippen molar-refractivity contribution in [1.29, 1.82) is 0 Å². The Morgan fingerprint density at radius 3 is 2.29 bits per heavy atom. The Hall–Kier alpha value is -1.36. The van der Waals surface area contributed by atoms with Crippen LogP contribution in [-0.2, 0) is 19.1 Å². The fraction of sp³-hybridized carbons (Fsp3) is 0.818. The fourth-order valence-corrected chi connectivity index (χ4v) is 6.69. The summed E-state index contributed by atoms with van der Waals surface area (Å²) in [4.78, 5) is 25.9. The lowest BCUT2D eigenvalue weighted by atomic mass is 9.45. The second-order valence-corrected chi connectivity index (χ2v) is 10.5. The van der Waals surface area contributed by atoms with E-state index in [1.54, 1.807) is 20.8 Å². The van der Waals surface area contributed by atoms with Crippen molar-refractivity contribution in [3.05, 3.63) is 11.1 Å². The average molecular weight is 440 g/mol. The molecule has 1 heterocycles. The minimum absolute atomic E-state index is 0.0444. The van der Waals surface area contributed by atoms with Crippen LogP contribution in [0, 0.1) is 16.7 Å². The predicted molar refractivity (Wildman–Crippen MR) is 106 cm³/mol. The third kappa shape index (κ3) is 2.59. The number of aliphatic hydroxyl groups excluding tert-OH is 3. The van der Waals surface area contributed by atoms with Crippen molar-refractivity contribution >= 4 is 11.8 Å². The zero-order chi connectivity index (χ0) is 23.3. The van der Waals surface area contributed by atoms with Crippen LogP contribution in [0.5, 0.6) is 0 Å². The molecule has 0 aromatic carbocycles. The molecule has 0 aromatic rings. The van der Waals surface area contributed by atoms with E-state index in [2.05, 4.69) is 0 Å². The quantitative estimate of drug-likeness (QED) is 0.261. The highest BCUT2D eigenvalue weighted by Crippen LogP contribution is 2.62. The predicted octanol–water partition coefficient (Wildman–Crippen LogP) is -0.783. The average Bonchev–Trinajstić information content (AvgIpc) is 2.66. The van der Waals surface area contributed by atoms with Crippen molar-refractivity contribution in [2.24, 2.45) is 16.7 Å². The van der Waals surface area contributed by atoms with E-state index in [9.17, 15) is 35.1 Å². The molecule has 0 unspecified atom stereocenters. The standard InChI is InChI=1S/C22H32O9/c1-9-11(24)7-22(29)18(31-10(2)23)16-20(5,12(25)6-13-21(16,28)8-30-13)17(27)15(26)14(9)19(22,3)4/h11-13,15-16,18,24-26,28-29H,6-8H2,1-5H3/t11-,12-,13+,15+,16-,18-,20+,21-,22+/m0/s1. The van der Waals surface area contributed by atoms with Gasteiger partial charge in [-0.05, 0) is 25.0 Å². The molecule has 9 atom stereocenters. The van der Waals surface area contributed by atoms with Gasteiger partial charge in [0.1, 0.15) is 23.4 Å². The number of aliphatic hydroxyl groups is 5. The van der Waals surface area contributed by atoms with Gasteiger partial charge in [-0.25, -0.2) is 0 Å². The van der Waals surface area contributed by atoms with Crippen molar-refractivity contribution in [2.75, 3.05) is 6.61 Å². The molecule has 174 valence electrons. The second kappa shape index (κ2) is 6.59. The molecule has 2 bridgehead atoms. The van der Waals surface area contributed by atoms with Gasteiger partial charge in [-0.1, -0.05) is 13.8 Å². The SMILES string of the molecule is CC(=O)O[C@H]1[C@@H]2[C@]3(O)CO[C@@H]3C[C@H](O)[C@@]2(C)C(=O)[C@H](O)C2=C(C)[C@@H](O)C[C@]1(O)C2(C)C. The molecule has 0 amide bonds. The van der Waals surface area contributed by atoms with Crippen molar-refractivity contribution in [3.63, 3.8) is 0 Å². The summed E-state index contributed by atoms with van der Waals surface area (Å²) in [6, 6.07) is 0. The maximum atomic E-state index is 13.8. The molecule has 9 nitrogen and oxygen atoms in total. The van der Waals surface area contributed by atoms with Gasteiger partial charge in [0.2, 0.25) is 0 Å². The summed E-state index contributed by atoms with van der Waals surface area (Å²) in [5.41, 5.74) is -6.17. The van der Waals surface area contributed by atoms with E-state index in [-0.39, 0.29) is 25.0 Å². The lowest BCUT2D eigenvalue weighted by Gasteiger charge is -2.66. The van der Waals surface area contributed by atoms with Gasteiger partial charge in [0, 0.05) is 31.1 Å². The van der Waals surface area contributed by atoms with Crippen LogP contribution < -0.4 is 0 Å². The molecule has 31 heavy (non-hydrogen) atoms. The van der Waals surface area contributed by atoms with Crippen LogP contribution in [0.1, 0.15) is 47.5 Å². The van der Waals surface area contributed by atoms with E-state index < -0.39 is 70.2 Å². The molecule has 5 N–H and O–H groups in total. The Morgan fingerprint density at radius 1 is 1.16 bits per heavy atom. The van der Waals surface area contributed by atoms with Crippen LogP contribution in [0.4, 0.5) is 0 Å². The van der Waals surface area contributed by atoms with Crippen molar-refractivity contribution in [1.82, 2.24) is 0 Å². The molecule has 3 aliphatic carbocycles. The minimum Gasteiger partial charge on any atom is -0.459 e. The molecule has 0 radical (unpaired) electrons. The number of rotatable bonds is 1. The summed E-state index contributed by atoms with van der Waals surface area (Å²) in [5, 5.41) is 56.7. The van der Waals surface area contributed by atoms with Crippen LogP contribution >= 0.6 is 0 Å². The molecule has 0 spiro atoms. The molecule has 4 aliphatic rings. The first-order valence-corrected chi connectivity index (χ1v) is 10.7. The molecule has 1 aliphatic heterocycles. The second-order valence-electron chi connectivity index (χ2n) is 10.5. The number of fused-ring (bicyclic) bond motifs is 5. The topological polar surface area (TPSA) is 154 Å². The monoisotopic (exact) mass is 440 g/mol. The van der Waals surface area contributed by atoms with Crippen molar-refractivity contribution in [2.45, 2.75) is 89.2 Å². The lowest BCUT2D eigenvalue weighted by Crippen LogP contribution is -2.81. The number of carbonyl (C=O) groups excluding carboxylic acids is 2. The number of carbonyl (C=O) groups is 2. The summed E-state index contributed by atoms with van der Waals surface area (Å²) in [7, 11) is 0. The number of esters is 1. The normalized spacial score (nSPS) is 51.1. The van der Waals surface area contributed by atoms with Crippen molar-refractivity contribution in [3.8, 4) is 0 Å². The van der Waals surface area contributed by atoms with Crippen LogP contribution in [0.25, 0.3) is 0 Å². The largest absolute Gasteiger partial charge is 0.459 e. The van der Waals surface area contributed by atoms with Crippen LogP contribution in [-0.4, -0.2) is 85.6 Å². The Morgan fingerprint density at radius 2 is 1.77 bits per heavy atom. The zero-order valence-electron chi connectivity index (χ0n) is 18.5. The van der Waals surface area contributed by atoms with Gasteiger partial charge in [-0.3, -0.25) is 9.59 Å². The summed E-state index contributed by atoms with van der Waals surface area (Å²) in [6.45, 7) is 7.23. The highest BCUT2D eigenvalue weighted by molar-refractivity contribution is 5.93. The minimum atomic E-state index is -1.95. The molecule has 0 aromatic heterocycles. The first-order valence-electron chi connectivity index (χ1n) is 10.7. The number of hydrogen-bond acceptors (Lipinski definition) is 9. The van der Waals surface area contributed by atoms with E-state index in [4.69, 9.17) is 9.47 Å². The fourth-order valence-electron chi connectivity index (χ4n) is 6.69. The number of Topliss-reactive ketones (excluding diaryl/α,β-unsaturated/α-hetero) is 1. The summed E-state index contributed by atoms with van der Waals surface area (Å²) in [6.07, 6.45) is -6.80. The van der Waals surface area contributed by atoms with Crippen LogP contribution in [0.3, 0.4) is 0 Å². The summed E-state index contributed by atoms with van der Waals surface area (Å²) >= 11 is 0. The Bertz CT molecular complexity index is 865. The van der Waals surface area contributed by atoms with E-state index in [1.807, 2.05) is 0 Å². The highest BCUT2D eigenvalue weighted by Gasteiger charge is 2.76. The van der Waals surface area contributed by atoms with Gasteiger partial charge in [-0.2, -0.15) is 0 Å². The smallest absolute Gasteiger partial charge is 0.303 e. The molecule has 2 saturated carbocycles. The Balaban J connectivity index is 2.06. The van der Waals surface area contributed by atoms with Crippen molar-refractivity contribution < 1.29 is 44.6 Å². The molecular formula is C22H32O9. The van der Waals surface area contributed by atoms with Gasteiger partial charge < -0.3 is 35.0 Å². The van der Waals surface area contributed by atoms with E-state index in [0.717, 1.165) is 6.92 Å². The maximum Gasteiger partial charge on any atom is 0.303 e. The van der Waals surface area contributed by atoms with Gasteiger partial charge >= 0.3 is 5.97 Å². The first kappa shape index (κ1) is 22.8. The number of ether oxygens (including phenoxy) is 2. The third-order valence-electron chi connectivity index (χ3n) is 8.69. The molecule has 4 rings (SSSR count). The van der Waals surface area contributed by atoms with Crippen LogP contribution in [0.15, 0.2) is 11.1 Å². The zero-order valence-corrected chi connectivity index (χ0v) is 18.5. The van der Waals surface area contributed by atoms with E-state index in [1.165, 1.54) is 6.92 Å². The third-order valence-corrected chi connectivity index (χ3v) is 8.69. The molecule has 1 saturated heterocycles. The lowest BCUT2D eigenvalue weighted by molar-refractivity contribution is -0.345. The van der Waals surface area contributed by atoms with Gasteiger partial charge in [0.25, 0.3) is 0 Å². The Labute approximate surface area is 180 Å². The maximum absolute atomic E-state index is 13.8. The van der Waals surface area contributed by atoms with Gasteiger partial charge in [0.05, 0.1) is 30.3 Å². The number of ketones is 1. The Kier molecular flexibility index (Phi) is 4.85. The van der Waals surface area contributed by atoms with Gasteiger partial charge in [-0.15, -0.1) is 0 Å². The first-order chi connectivity index (χ1) is 14.1. The van der Waals surface area contributed by atoms with E-state index in [0.29, 0.717) is 5.57 Å². The van der Waals surface area contributed by atoms with E-state index >= 15 is 0 Å². The molecule has 3 fully saturated rings. The summed E-state index contributed by atoms with van der Waals surface area (Å²) in [5.74, 6) is -2.77. The summed E-state index contributed by atoms with van der Waals surface area (Å²) < 4.78 is 11.1. The van der Waals surface area contributed by atoms with Crippen LogP contribution in [0.2, 0.25) is 0 Å². The number of hydrogen-bond donors (Lipinski definition) is 5. The van der Waals surface area contributed by atoms with Gasteiger partial charge in [0.15, 0.2) is 5.78 Å². The molecular weight excluding hydrogens is 408 g/mol.